The summed E-state index contributed by atoms with van der Waals surface area (Å²) >= 11 is 0. The van der Waals surface area contributed by atoms with Crippen molar-refractivity contribution in [3.63, 3.8) is 0 Å². The second-order valence-corrected chi connectivity index (χ2v) is 6.74. The Balaban J connectivity index is 1.52. The van der Waals surface area contributed by atoms with Crippen LogP contribution < -0.4 is 20.9 Å². The van der Waals surface area contributed by atoms with Crippen molar-refractivity contribution in [3.05, 3.63) is 41.6 Å². The molecule has 2 aromatic rings. The molecule has 0 unspecified atom stereocenters. The normalized spacial score (nSPS) is 14.3. The lowest BCUT2D eigenvalue weighted by atomic mass is 10.2. The average Bonchev–Trinajstić information content (AvgIpc) is 2.75. The highest BCUT2D eigenvalue weighted by atomic mass is 19.1. The fourth-order valence-electron chi connectivity index (χ4n) is 3.13. The number of piperazine rings is 1. The molecule has 1 saturated heterocycles. The van der Waals surface area contributed by atoms with Gasteiger partial charge in [-0.2, -0.15) is 9.49 Å². The van der Waals surface area contributed by atoms with Crippen LogP contribution in [-0.4, -0.2) is 71.8 Å². The summed E-state index contributed by atoms with van der Waals surface area (Å²) in [6.07, 6.45) is 0. The molecule has 3 amide bonds. The molecular formula is C19H25FN8O2. The molecule has 1 aliphatic rings. The maximum absolute atomic E-state index is 14.4. The molecule has 2 aromatic heterocycles. The van der Waals surface area contributed by atoms with E-state index in [4.69, 9.17) is 0 Å². The molecular weight excluding hydrogens is 391 g/mol. The molecule has 0 radical (unpaired) electrons. The molecule has 3 heterocycles. The molecule has 11 heteroatoms. The summed E-state index contributed by atoms with van der Waals surface area (Å²) < 4.78 is 14.4. The second kappa shape index (κ2) is 9.92. The van der Waals surface area contributed by atoms with Gasteiger partial charge in [-0.3, -0.25) is 15.0 Å². The van der Waals surface area contributed by atoms with Gasteiger partial charge in [-0.05, 0) is 31.2 Å². The first-order chi connectivity index (χ1) is 14.5. The van der Waals surface area contributed by atoms with Gasteiger partial charge in [-0.25, -0.2) is 9.78 Å². The Kier molecular flexibility index (Phi) is 7.07. The van der Waals surface area contributed by atoms with Crippen LogP contribution in [0.15, 0.2) is 24.3 Å². The number of aromatic nitrogens is 3. The predicted molar refractivity (Wildman–Crippen MR) is 110 cm³/mol. The van der Waals surface area contributed by atoms with Gasteiger partial charge in [0.15, 0.2) is 5.82 Å². The lowest BCUT2D eigenvalue weighted by Crippen LogP contribution is -2.46. The highest BCUT2D eigenvalue weighted by Crippen LogP contribution is 2.20. The molecule has 0 aromatic carbocycles. The highest BCUT2D eigenvalue weighted by molar-refractivity contribution is 5.92. The van der Waals surface area contributed by atoms with Gasteiger partial charge in [0.2, 0.25) is 5.95 Å². The van der Waals surface area contributed by atoms with Crippen molar-refractivity contribution in [2.75, 3.05) is 50.0 Å². The SMILES string of the molecule is CCNC(=O)Nc1ccc(CN2CCN(c3ccc(C(=O)NC)nc3F)CC2)nn1. The van der Waals surface area contributed by atoms with Crippen molar-refractivity contribution in [2.45, 2.75) is 13.5 Å². The topological polar surface area (TPSA) is 115 Å². The van der Waals surface area contributed by atoms with E-state index in [1.807, 2.05) is 17.9 Å². The quantitative estimate of drug-likeness (QED) is 0.598. The number of halogens is 1. The molecule has 30 heavy (non-hydrogen) atoms. The Bertz CT molecular complexity index is 885. The number of pyridine rings is 1. The number of nitrogens with one attached hydrogen (secondary N) is 3. The largest absolute Gasteiger partial charge is 0.365 e. The summed E-state index contributed by atoms with van der Waals surface area (Å²) in [7, 11) is 1.48. The Hall–Kier alpha value is -3.34. The van der Waals surface area contributed by atoms with Gasteiger partial charge in [0.1, 0.15) is 5.69 Å². The van der Waals surface area contributed by atoms with Crippen LogP contribution >= 0.6 is 0 Å². The molecule has 0 saturated carbocycles. The third-order valence-electron chi connectivity index (χ3n) is 4.69. The fraction of sp³-hybridized carbons (Fsp3) is 0.421. The van der Waals surface area contributed by atoms with E-state index < -0.39 is 11.9 Å². The zero-order chi connectivity index (χ0) is 21.5. The van der Waals surface area contributed by atoms with E-state index in [1.54, 1.807) is 12.1 Å². The first-order valence-electron chi connectivity index (χ1n) is 9.73. The van der Waals surface area contributed by atoms with Crippen LogP contribution in [0.2, 0.25) is 0 Å². The number of hydrogen-bond acceptors (Lipinski definition) is 7. The highest BCUT2D eigenvalue weighted by Gasteiger charge is 2.21. The van der Waals surface area contributed by atoms with E-state index in [2.05, 4.69) is 36.0 Å². The number of amides is 3. The summed E-state index contributed by atoms with van der Waals surface area (Å²) in [6.45, 7) is 5.66. The number of carbonyl (C=O) groups is 2. The summed E-state index contributed by atoms with van der Waals surface area (Å²) in [5.74, 6) is -0.679. The number of nitrogens with zero attached hydrogens (tertiary/aromatic N) is 5. The molecule has 3 rings (SSSR count). The van der Waals surface area contributed by atoms with Crippen LogP contribution in [0.5, 0.6) is 0 Å². The first kappa shape index (κ1) is 21.4. The van der Waals surface area contributed by atoms with Crippen molar-refractivity contribution in [3.8, 4) is 0 Å². The Labute approximate surface area is 173 Å². The summed E-state index contributed by atoms with van der Waals surface area (Å²) in [5, 5.41) is 15.8. The number of hydrogen-bond donors (Lipinski definition) is 3. The van der Waals surface area contributed by atoms with Crippen molar-refractivity contribution in [2.24, 2.45) is 0 Å². The maximum atomic E-state index is 14.4. The van der Waals surface area contributed by atoms with Gasteiger partial charge < -0.3 is 15.5 Å². The summed E-state index contributed by atoms with van der Waals surface area (Å²) in [4.78, 5) is 30.9. The molecule has 10 nitrogen and oxygen atoms in total. The van der Waals surface area contributed by atoms with Crippen LogP contribution in [0.4, 0.5) is 20.7 Å². The zero-order valence-electron chi connectivity index (χ0n) is 17.0. The van der Waals surface area contributed by atoms with Gasteiger partial charge in [0, 0.05) is 46.3 Å². The van der Waals surface area contributed by atoms with Crippen LogP contribution in [-0.2, 0) is 6.54 Å². The molecule has 0 atom stereocenters. The number of rotatable bonds is 6. The molecule has 160 valence electrons. The number of anilines is 2. The minimum absolute atomic E-state index is 0.0565. The molecule has 0 spiro atoms. The van der Waals surface area contributed by atoms with Gasteiger partial charge >= 0.3 is 6.03 Å². The average molecular weight is 416 g/mol. The van der Waals surface area contributed by atoms with E-state index in [1.165, 1.54) is 13.1 Å². The number of carbonyl (C=O) groups excluding carboxylic acids is 2. The minimum atomic E-state index is -0.648. The first-order valence-corrected chi connectivity index (χ1v) is 9.73. The lowest BCUT2D eigenvalue weighted by Gasteiger charge is -2.35. The van der Waals surface area contributed by atoms with Crippen molar-refractivity contribution < 1.29 is 14.0 Å². The van der Waals surface area contributed by atoms with Crippen LogP contribution in [0.25, 0.3) is 0 Å². The molecule has 0 bridgehead atoms. The van der Waals surface area contributed by atoms with E-state index in [0.29, 0.717) is 37.7 Å². The van der Waals surface area contributed by atoms with E-state index >= 15 is 0 Å². The maximum Gasteiger partial charge on any atom is 0.320 e. The van der Waals surface area contributed by atoms with Gasteiger partial charge in [-0.1, -0.05) is 0 Å². The second-order valence-electron chi connectivity index (χ2n) is 6.74. The standard InChI is InChI=1S/C19H25FN8O2/c1-3-22-19(30)24-16-7-4-13(25-26-16)12-27-8-10-28(11-9-27)15-6-5-14(18(29)21-2)23-17(15)20/h4-7H,3,8-12H2,1-2H3,(H,21,29)(H2,22,24,26,30). The third kappa shape index (κ3) is 5.38. The van der Waals surface area contributed by atoms with Crippen molar-refractivity contribution in [1.29, 1.82) is 0 Å². The minimum Gasteiger partial charge on any atom is -0.365 e. The lowest BCUT2D eigenvalue weighted by molar-refractivity contribution is 0.0957. The number of urea groups is 1. The van der Waals surface area contributed by atoms with E-state index in [0.717, 1.165) is 18.8 Å². The Morgan fingerprint density at radius 3 is 2.47 bits per heavy atom. The van der Waals surface area contributed by atoms with Crippen LogP contribution in [0.3, 0.4) is 0 Å². The van der Waals surface area contributed by atoms with Gasteiger partial charge in [-0.15, -0.1) is 5.10 Å². The van der Waals surface area contributed by atoms with Crippen molar-refractivity contribution in [1.82, 2.24) is 30.7 Å². The molecule has 1 aliphatic heterocycles. The fourth-order valence-corrected chi connectivity index (χ4v) is 3.13. The van der Waals surface area contributed by atoms with E-state index in [9.17, 15) is 14.0 Å². The molecule has 1 fully saturated rings. The smallest absolute Gasteiger partial charge is 0.320 e. The van der Waals surface area contributed by atoms with E-state index in [-0.39, 0.29) is 11.7 Å². The van der Waals surface area contributed by atoms with Crippen molar-refractivity contribution >= 4 is 23.4 Å². The third-order valence-corrected chi connectivity index (χ3v) is 4.69. The predicted octanol–water partition coefficient (Wildman–Crippen LogP) is 0.834. The monoisotopic (exact) mass is 416 g/mol. The summed E-state index contributed by atoms with van der Waals surface area (Å²) in [5.41, 5.74) is 1.23. The molecule has 3 N–H and O–H groups in total. The van der Waals surface area contributed by atoms with Crippen LogP contribution in [0, 0.1) is 5.95 Å². The van der Waals surface area contributed by atoms with Gasteiger partial charge in [0.05, 0.1) is 11.4 Å². The van der Waals surface area contributed by atoms with Crippen LogP contribution in [0.1, 0.15) is 23.1 Å². The summed E-state index contributed by atoms with van der Waals surface area (Å²) in [6, 6.07) is 6.33. The zero-order valence-corrected chi connectivity index (χ0v) is 17.0. The molecule has 0 aliphatic carbocycles. The van der Waals surface area contributed by atoms with Gasteiger partial charge in [0.25, 0.3) is 5.91 Å². The Morgan fingerprint density at radius 1 is 1.10 bits per heavy atom. The Morgan fingerprint density at radius 2 is 1.87 bits per heavy atom.